The molecule has 0 bridgehead atoms. The van der Waals surface area contributed by atoms with E-state index in [0.29, 0.717) is 10.8 Å². The highest BCUT2D eigenvalue weighted by Gasteiger charge is 2.12. The number of aromatic nitrogens is 1. The highest BCUT2D eigenvalue weighted by molar-refractivity contribution is 7.14. The summed E-state index contributed by atoms with van der Waals surface area (Å²) in [5.74, 6) is -0.788. The summed E-state index contributed by atoms with van der Waals surface area (Å²) in [6, 6.07) is 5.78. The van der Waals surface area contributed by atoms with E-state index in [1.165, 1.54) is 29.5 Å². The summed E-state index contributed by atoms with van der Waals surface area (Å²) < 4.78 is 13.3. The van der Waals surface area contributed by atoms with Gasteiger partial charge in [-0.1, -0.05) is 12.1 Å². The predicted molar refractivity (Wildman–Crippen MR) is 66.0 cm³/mol. The van der Waals surface area contributed by atoms with Crippen LogP contribution >= 0.6 is 22.9 Å². The van der Waals surface area contributed by atoms with Gasteiger partial charge in [0.1, 0.15) is 5.82 Å². The zero-order valence-electron chi connectivity index (χ0n) is 8.61. The minimum Gasteiger partial charge on any atom is -0.298 e. The Morgan fingerprint density at radius 1 is 1.47 bits per heavy atom. The summed E-state index contributed by atoms with van der Waals surface area (Å²) in [6.45, 7) is 0. The van der Waals surface area contributed by atoms with Crippen molar-refractivity contribution in [1.29, 1.82) is 0 Å². The van der Waals surface area contributed by atoms with Crippen LogP contribution in [-0.4, -0.2) is 10.9 Å². The number of thiazole rings is 1. The molecule has 1 heterocycles. The summed E-state index contributed by atoms with van der Waals surface area (Å²) in [4.78, 5) is 15.8. The van der Waals surface area contributed by atoms with Crippen LogP contribution in [0.15, 0.2) is 29.6 Å². The molecule has 0 radical (unpaired) electrons. The van der Waals surface area contributed by atoms with Crippen molar-refractivity contribution in [2.45, 2.75) is 5.88 Å². The maximum absolute atomic E-state index is 13.3. The lowest BCUT2D eigenvalue weighted by Gasteiger charge is -2.02. The van der Waals surface area contributed by atoms with Crippen LogP contribution in [0.4, 0.5) is 9.52 Å². The third kappa shape index (κ3) is 2.81. The molecule has 0 fully saturated rings. The average molecular weight is 271 g/mol. The molecule has 2 aromatic rings. The number of benzene rings is 1. The number of carbonyl (C=O) groups is 1. The molecule has 6 heteroatoms. The molecule has 1 aromatic carbocycles. The molecular weight excluding hydrogens is 263 g/mol. The third-order valence-corrected chi connectivity index (χ3v) is 3.11. The molecule has 0 atom stereocenters. The average Bonchev–Trinajstić information content (AvgIpc) is 2.77. The van der Waals surface area contributed by atoms with Gasteiger partial charge in [-0.2, -0.15) is 0 Å². The monoisotopic (exact) mass is 270 g/mol. The predicted octanol–water partition coefficient (Wildman–Crippen LogP) is 3.27. The molecule has 0 saturated carbocycles. The van der Waals surface area contributed by atoms with Gasteiger partial charge in [0.15, 0.2) is 5.13 Å². The number of nitrogens with one attached hydrogen (secondary N) is 1. The molecule has 1 N–H and O–H groups in total. The van der Waals surface area contributed by atoms with Gasteiger partial charge in [-0.05, 0) is 12.1 Å². The number of amides is 1. The maximum Gasteiger partial charge on any atom is 0.260 e. The number of carbonyl (C=O) groups excluding carboxylic acids is 1. The quantitative estimate of drug-likeness (QED) is 0.870. The van der Waals surface area contributed by atoms with Crippen LogP contribution in [0.25, 0.3) is 0 Å². The fourth-order valence-corrected chi connectivity index (χ4v) is 2.17. The normalized spacial score (nSPS) is 10.2. The lowest BCUT2D eigenvalue weighted by molar-refractivity contribution is 0.102. The first-order valence-corrected chi connectivity index (χ1v) is 6.18. The first-order chi connectivity index (χ1) is 8.20. The van der Waals surface area contributed by atoms with E-state index in [1.54, 1.807) is 11.4 Å². The van der Waals surface area contributed by atoms with Crippen molar-refractivity contribution in [3.63, 3.8) is 0 Å². The lowest BCUT2D eigenvalue weighted by Crippen LogP contribution is -2.13. The second-order valence-corrected chi connectivity index (χ2v) is 4.34. The Hall–Kier alpha value is -1.46. The number of hydrogen-bond acceptors (Lipinski definition) is 3. The summed E-state index contributed by atoms with van der Waals surface area (Å²) in [5, 5.41) is 4.67. The topological polar surface area (TPSA) is 42.0 Å². The van der Waals surface area contributed by atoms with Crippen molar-refractivity contribution in [3.05, 3.63) is 46.7 Å². The zero-order chi connectivity index (χ0) is 12.3. The van der Waals surface area contributed by atoms with Crippen molar-refractivity contribution in [1.82, 2.24) is 4.98 Å². The van der Waals surface area contributed by atoms with Gasteiger partial charge in [0.05, 0.1) is 17.1 Å². The molecule has 17 heavy (non-hydrogen) atoms. The zero-order valence-corrected chi connectivity index (χ0v) is 10.2. The highest BCUT2D eigenvalue weighted by Crippen LogP contribution is 2.18. The molecule has 0 aliphatic carbocycles. The molecule has 0 saturated heterocycles. The molecule has 1 amide bonds. The Kier molecular flexibility index (Phi) is 3.71. The first-order valence-electron chi connectivity index (χ1n) is 4.77. The van der Waals surface area contributed by atoms with Crippen molar-refractivity contribution >= 4 is 34.0 Å². The van der Waals surface area contributed by atoms with Crippen LogP contribution in [0.5, 0.6) is 0 Å². The van der Waals surface area contributed by atoms with E-state index in [9.17, 15) is 9.18 Å². The molecule has 1 aromatic heterocycles. The summed E-state index contributed by atoms with van der Waals surface area (Å²) >= 11 is 6.84. The molecule has 3 nitrogen and oxygen atoms in total. The molecule has 0 aliphatic rings. The highest BCUT2D eigenvalue weighted by atomic mass is 35.5. The van der Waals surface area contributed by atoms with Gasteiger partial charge in [0.2, 0.25) is 0 Å². The Morgan fingerprint density at radius 3 is 2.88 bits per heavy atom. The number of halogens is 2. The van der Waals surface area contributed by atoms with Gasteiger partial charge < -0.3 is 0 Å². The van der Waals surface area contributed by atoms with Crippen LogP contribution in [-0.2, 0) is 5.88 Å². The van der Waals surface area contributed by atoms with E-state index >= 15 is 0 Å². The van der Waals surface area contributed by atoms with E-state index in [0.717, 1.165) is 0 Å². The smallest absolute Gasteiger partial charge is 0.260 e. The molecule has 88 valence electrons. The van der Waals surface area contributed by atoms with E-state index in [2.05, 4.69) is 10.3 Å². The summed E-state index contributed by atoms with van der Waals surface area (Å²) in [5.41, 5.74) is 0.677. The number of alkyl halides is 1. The van der Waals surface area contributed by atoms with E-state index < -0.39 is 11.7 Å². The van der Waals surface area contributed by atoms with Crippen LogP contribution in [0.3, 0.4) is 0 Å². The molecule has 0 unspecified atom stereocenters. The third-order valence-electron chi connectivity index (χ3n) is 2.03. The van der Waals surface area contributed by atoms with E-state index in [1.807, 2.05) is 0 Å². The molecular formula is C11H8ClFN2OS. The van der Waals surface area contributed by atoms with Gasteiger partial charge in [0.25, 0.3) is 5.91 Å². The second-order valence-electron chi connectivity index (χ2n) is 3.21. The molecule has 0 aliphatic heterocycles. The van der Waals surface area contributed by atoms with Gasteiger partial charge >= 0.3 is 0 Å². The number of nitrogens with zero attached hydrogens (tertiary/aromatic N) is 1. The van der Waals surface area contributed by atoms with E-state index in [-0.39, 0.29) is 11.4 Å². The minimum atomic E-state index is -0.556. The number of anilines is 1. The largest absolute Gasteiger partial charge is 0.298 e. The number of hydrogen-bond donors (Lipinski definition) is 1. The van der Waals surface area contributed by atoms with Crippen molar-refractivity contribution in [2.24, 2.45) is 0 Å². The fraction of sp³-hybridized carbons (Fsp3) is 0.0909. The van der Waals surface area contributed by atoms with Gasteiger partial charge in [-0.3, -0.25) is 10.1 Å². The SMILES string of the molecule is O=C(Nc1nc(CCl)cs1)c1ccccc1F. The van der Waals surface area contributed by atoms with E-state index in [4.69, 9.17) is 11.6 Å². The standard InChI is InChI=1S/C11H8ClFN2OS/c12-5-7-6-17-11(14-7)15-10(16)8-3-1-2-4-9(8)13/h1-4,6H,5H2,(H,14,15,16). The number of rotatable bonds is 3. The summed E-state index contributed by atoms with van der Waals surface area (Å²) in [6.07, 6.45) is 0. The van der Waals surface area contributed by atoms with Crippen LogP contribution in [0.1, 0.15) is 16.1 Å². The minimum absolute atomic E-state index is 0.00452. The summed E-state index contributed by atoms with van der Waals surface area (Å²) in [7, 11) is 0. The lowest BCUT2D eigenvalue weighted by atomic mass is 10.2. The molecule has 2 rings (SSSR count). The first kappa shape index (κ1) is 12.0. The Labute approximate surface area is 106 Å². The Balaban J connectivity index is 2.14. The fourth-order valence-electron chi connectivity index (χ4n) is 1.24. The van der Waals surface area contributed by atoms with Crippen molar-refractivity contribution in [3.8, 4) is 0 Å². The Bertz CT molecular complexity index is 544. The Morgan fingerprint density at radius 2 is 2.24 bits per heavy atom. The van der Waals surface area contributed by atoms with Gasteiger partial charge in [0, 0.05) is 5.38 Å². The van der Waals surface area contributed by atoms with Crippen LogP contribution in [0.2, 0.25) is 0 Å². The van der Waals surface area contributed by atoms with Gasteiger partial charge in [-0.15, -0.1) is 22.9 Å². The van der Waals surface area contributed by atoms with Crippen LogP contribution in [0, 0.1) is 5.82 Å². The van der Waals surface area contributed by atoms with Gasteiger partial charge in [-0.25, -0.2) is 9.37 Å². The van der Waals surface area contributed by atoms with Crippen molar-refractivity contribution in [2.75, 3.05) is 5.32 Å². The second kappa shape index (κ2) is 5.25. The van der Waals surface area contributed by atoms with Crippen LogP contribution < -0.4 is 5.32 Å². The molecule has 0 spiro atoms. The maximum atomic E-state index is 13.3. The van der Waals surface area contributed by atoms with Crippen molar-refractivity contribution < 1.29 is 9.18 Å².